The van der Waals surface area contributed by atoms with Crippen molar-refractivity contribution in [3.63, 3.8) is 0 Å². The highest BCUT2D eigenvalue weighted by atomic mass is 35.5. The molecule has 6 nitrogen and oxygen atoms in total. The van der Waals surface area contributed by atoms with E-state index in [0.29, 0.717) is 37.6 Å². The van der Waals surface area contributed by atoms with Gasteiger partial charge in [-0.2, -0.15) is 18.2 Å². The van der Waals surface area contributed by atoms with Gasteiger partial charge in [0.1, 0.15) is 0 Å². The number of halogens is 4. The van der Waals surface area contributed by atoms with Crippen LogP contribution < -0.4 is 5.32 Å². The molecule has 3 rings (SSSR count). The molecule has 0 saturated carbocycles. The lowest BCUT2D eigenvalue weighted by Crippen LogP contribution is -2.17. The van der Waals surface area contributed by atoms with Gasteiger partial charge in [-0.15, -0.1) is 12.4 Å². The van der Waals surface area contributed by atoms with Gasteiger partial charge in [0.05, 0.1) is 12.0 Å². The van der Waals surface area contributed by atoms with Crippen LogP contribution in [0.25, 0.3) is 11.4 Å². The maximum Gasteiger partial charge on any atom is 0.416 e. The molecule has 0 bridgehead atoms. The van der Waals surface area contributed by atoms with Gasteiger partial charge in [0.15, 0.2) is 0 Å². The van der Waals surface area contributed by atoms with E-state index in [2.05, 4.69) is 15.5 Å². The molecule has 0 aliphatic rings. The molecule has 2 aromatic carbocycles. The lowest BCUT2D eigenvalue weighted by atomic mass is 10.1. The van der Waals surface area contributed by atoms with Crippen molar-refractivity contribution in [2.24, 2.45) is 0 Å². The second kappa shape index (κ2) is 10.9. The second-order valence-electron chi connectivity index (χ2n) is 6.72. The van der Waals surface area contributed by atoms with Crippen LogP contribution in [0.4, 0.5) is 13.2 Å². The van der Waals surface area contributed by atoms with Crippen molar-refractivity contribution in [3.8, 4) is 11.4 Å². The molecule has 0 spiro atoms. The smallest absolute Gasteiger partial charge is 0.416 e. The fraction of sp³-hybridized carbons (Fsp3) is 0.286. The van der Waals surface area contributed by atoms with Crippen molar-refractivity contribution in [2.45, 2.75) is 32.0 Å². The molecule has 10 heteroatoms. The Bertz CT molecular complexity index is 974. The summed E-state index contributed by atoms with van der Waals surface area (Å²) >= 11 is 0. The molecule has 0 unspecified atom stereocenters. The van der Waals surface area contributed by atoms with E-state index < -0.39 is 17.7 Å². The normalized spacial score (nSPS) is 11.2. The highest BCUT2D eigenvalue weighted by Crippen LogP contribution is 2.29. The Labute approximate surface area is 182 Å². The highest BCUT2D eigenvalue weighted by Gasteiger charge is 2.29. The summed E-state index contributed by atoms with van der Waals surface area (Å²) in [6.45, 7) is 0.947. The summed E-state index contributed by atoms with van der Waals surface area (Å²) in [6.07, 6.45) is -3.37. The van der Waals surface area contributed by atoms with Crippen LogP contribution in [0.3, 0.4) is 0 Å². The third kappa shape index (κ3) is 7.37. The first-order chi connectivity index (χ1) is 14.3. The zero-order chi connectivity index (χ0) is 21.6. The van der Waals surface area contributed by atoms with Gasteiger partial charge in [0, 0.05) is 25.1 Å². The van der Waals surface area contributed by atoms with Gasteiger partial charge in [-0.3, -0.25) is 4.79 Å². The van der Waals surface area contributed by atoms with Crippen molar-refractivity contribution < 1.29 is 27.6 Å². The van der Waals surface area contributed by atoms with E-state index in [0.717, 1.165) is 28.8 Å². The van der Waals surface area contributed by atoms with E-state index in [1.54, 1.807) is 0 Å². The fourth-order valence-corrected chi connectivity index (χ4v) is 2.79. The summed E-state index contributed by atoms with van der Waals surface area (Å²) in [5.41, 5.74) is 1.85. The topological polar surface area (TPSA) is 88.2 Å². The maximum atomic E-state index is 12.6. The van der Waals surface area contributed by atoms with Gasteiger partial charge in [-0.05, 0) is 29.7 Å². The quantitative estimate of drug-likeness (QED) is 0.461. The average Bonchev–Trinajstić information content (AvgIpc) is 3.19. The predicted molar refractivity (Wildman–Crippen MR) is 110 cm³/mol. The van der Waals surface area contributed by atoms with Gasteiger partial charge >= 0.3 is 12.1 Å². The molecule has 2 N–H and O–H groups in total. The number of rotatable bonds is 9. The number of nitrogens with zero attached hydrogens (tertiary/aromatic N) is 2. The van der Waals surface area contributed by atoms with Crippen molar-refractivity contribution in [1.29, 1.82) is 0 Å². The standard InChI is InChI=1S/C21H20F3N3O3.ClH/c22-21(23,24)17-8-3-14(4-9-17)5-10-18-26-20(27-30-18)16-6-1-15(2-7-16)13-25-12-11-19(28)29;/h1-4,6-9,25H,5,10-13H2,(H,28,29);1H. The number of benzene rings is 2. The molecule has 0 fully saturated rings. The van der Waals surface area contributed by atoms with Crippen molar-refractivity contribution in [1.82, 2.24) is 15.5 Å². The van der Waals surface area contributed by atoms with Gasteiger partial charge < -0.3 is 14.9 Å². The van der Waals surface area contributed by atoms with E-state index in [1.165, 1.54) is 12.1 Å². The molecule has 0 amide bonds. The van der Waals surface area contributed by atoms with Crippen LogP contribution in [0.5, 0.6) is 0 Å². The number of aromatic nitrogens is 2. The number of aliphatic carboxylic acids is 1. The first kappa shape index (κ1) is 24.4. The first-order valence-electron chi connectivity index (χ1n) is 9.32. The number of alkyl halides is 3. The SMILES string of the molecule is Cl.O=C(O)CCNCc1ccc(-c2noc(CCc3ccc(C(F)(F)F)cc3)n2)cc1. The van der Waals surface area contributed by atoms with E-state index in [4.69, 9.17) is 9.63 Å². The van der Waals surface area contributed by atoms with E-state index in [-0.39, 0.29) is 18.8 Å². The zero-order valence-electron chi connectivity index (χ0n) is 16.4. The van der Waals surface area contributed by atoms with Crippen molar-refractivity contribution in [2.75, 3.05) is 6.54 Å². The minimum absolute atomic E-state index is 0. The maximum absolute atomic E-state index is 12.6. The monoisotopic (exact) mass is 455 g/mol. The molecular weight excluding hydrogens is 435 g/mol. The van der Waals surface area contributed by atoms with E-state index >= 15 is 0 Å². The molecule has 1 heterocycles. The van der Waals surface area contributed by atoms with Crippen LogP contribution in [0, 0.1) is 0 Å². The number of hydrogen-bond acceptors (Lipinski definition) is 5. The number of carbonyl (C=O) groups is 1. The summed E-state index contributed by atoms with van der Waals surface area (Å²) in [5, 5.41) is 15.6. The van der Waals surface area contributed by atoms with Crippen LogP contribution in [0.2, 0.25) is 0 Å². The molecule has 0 aliphatic heterocycles. The number of nitrogens with one attached hydrogen (secondary N) is 1. The number of carboxylic acid groups (broad SMARTS) is 1. The molecule has 0 aliphatic carbocycles. The summed E-state index contributed by atoms with van der Waals surface area (Å²) in [7, 11) is 0. The lowest BCUT2D eigenvalue weighted by Gasteiger charge is -2.06. The summed E-state index contributed by atoms with van der Waals surface area (Å²) < 4.78 is 43.1. The Balaban J connectivity index is 0.00000341. The molecule has 1 aromatic heterocycles. The molecule has 3 aromatic rings. The lowest BCUT2D eigenvalue weighted by molar-refractivity contribution is -0.138. The van der Waals surface area contributed by atoms with Crippen LogP contribution in [0.1, 0.15) is 29.0 Å². The second-order valence-corrected chi connectivity index (χ2v) is 6.72. The van der Waals surface area contributed by atoms with Crippen molar-refractivity contribution >= 4 is 18.4 Å². The summed E-state index contributed by atoms with van der Waals surface area (Å²) in [5.74, 6) is -0.00352. The molecular formula is C21H21ClF3N3O3. The van der Waals surface area contributed by atoms with Gasteiger partial charge in [-0.25, -0.2) is 0 Å². The summed E-state index contributed by atoms with van der Waals surface area (Å²) in [6, 6.07) is 12.5. The Morgan fingerprint density at radius 1 is 1.00 bits per heavy atom. The molecule has 31 heavy (non-hydrogen) atoms. The van der Waals surface area contributed by atoms with Gasteiger partial charge in [0.25, 0.3) is 0 Å². The molecule has 0 radical (unpaired) electrons. The molecule has 0 atom stereocenters. The Morgan fingerprint density at radius 3 is 2.26 bits per heavy atom. The minimum Gasteiger partial charge on any atom is -0.481 e. The van der Waals surface area contributed by atoms with Gasteiger partial charge in [0.2, 0.25) is 11.7 Å². The Morgan fingerprint density at radius 2 is 1.65 bits per heavy atom. The number of aryl methyl sites for hydroxylation is 2. The third-order valence-corrected chi connectivity index (χ3v) is 4.43. The van der Waals surface area contributed by atoms with E-state index in [1.807, 2.05) is 24.3 Å². The third-order valence-electron chi connectivity index (χ3n) is 4.43. The average molecular weight is 456 g/mol. The van der Waals surface area contributed by atoms with Crippen LogP contribution >= 0.6 is 12.4 Å². The predicted octanol–water partition coefficient (Wildman–Crippen LogP) is 4.53. The number of hydrogen-bond donors (Lipinski definition) is 2. The first-order valence-corrected chi connectivity index (χ1v) is 9.32. The Kier molecular flexibility index (Phi) is 8.58. The van der Waals surface area contributed by atoms with Crippen molar-refractivity contribution in [3.05, 3.63) is 71.1 Å². The summed E-state index contributed by atoms with van der Waals surface area (Å²) in [4.78, 5) is 14.8. The Hall–Kier alpha value is -2.91. The fourth-order valence-electron chi connectivity index (χ4n) is 2.79. The number of carboxylic acids is 1. The highest BCUT2D eigenvalue weighted by molar-refractivity contribution is 5.85. The van der Waals surface area contributed by atoms with Crippen LogP contribution in [-0.4, -0.2) is 27.8 Å². The largest absolute Gasteiger partial charge is 0.481 e. The minimum atomic E-state index is -4.34. The van der Waals surface area contributed by atoms with Gasteiger partial charge in [-0.1, -0.05) is 41.6 Å². The zero-order valence-corrected chi connectivity index (χ0v) is 17.2. The van der Waals surface area contributed by atoms with E-state index in [9.17, 15) is 18.0 Å². The van der Waals surface area contributed by atoms with Crippen LogP contribution in [-0.2, 0) is 30.4 Å². The molecule has 0 saturated heterocycles. The van der Waals surface area contributed by atoms with Crippen LogP contribution in [0.15, 0.2) is 53.1 Å². The molecule has 166 valence electrons.